The lowest BCUT2D eigenvalue weighted by Gasteiger charge is -2.00. The van der Waals surface area contributed by atoms with Crippen LogP contribution in [0.1, 0.15) is 18.4 Å². The van der Waals surface area contributed by atoms with E-state index in [9.17, 15) is 4.79 Å². The van der Waals surface area contributed by atoms with Gasteiger partial charge in [0.15, 0.2) is 0 Å². The SMILES string of the molecule is C[C@H](C(=O)O)c1ccsc1. The second-order valence-corrected chi connectivity index (χ2v) is 2.90. The van der Waals surface area contributed by atoms with Crippen molar-refractivity contribution in [3.05, 3.63) is 22.4 Å². The van der Waals surface area contributed by atoms with Crippen LogP contribution in [0.3, 0.4) is 0 Å². The van der Waals surface area contributed by atoms with Gasteiger partial charge in [0, 0.05) is 0 Å². The molecule has 1 heterocycles. The van der Waals surface area contributed by atoms with Crippen molar-refractivity contribution in [2.24, 2.45) is 0 Å². The molecule has 1 aromatic rings. The maximum atomic E-state index is 10.4. The standard InChI is InChI=1S/C7H8O2S/c1-5(7(8)9)6-2-3-10-4-6/h2-5H,1H3,(H,8,9)/t5-/m0/s1. The summed E-state index contributed by atoms with van der Waals surface area (Å²) in [5.41, 5.74) is 0.887. The predicted octanol–water partition coefficient (Wildman–Crippen LogP) is 1.94. The molecule has 10 heavy (non-hydrogen) atoms. The molecule has 1 atom stereocenters. The van der Waals surface area contributed by atoms with E-state index in [0.29, 0.717) is 0 Å². The summed E-state index contributed by atoms with van der Waals surface area (Å²) >= 11 is 1.52. The Kier molecular flexibility index (Phi) is 2.06. The minimum absolute atomic E-state index is 0.369. The van der Waals surface area contributed by atoms with Crippen LogP contribution >= 0.6 is 11.3 Å². The molecular formula is C7H8O2S. The third-order valence-electron chi connectivity index (χ3n) is 1.41. The summed E-state index contributed by atoms with van der Waals surface area (Å²) in [6, 6.07) is 1.84. The van der Waals surface area contributed by atoms with Gasteiger partial charge in [-0.2, -0.15) is 11.3 Å². The van der Waals surface area contributed by atoms with Crippen molar-refractivity contribution < 1.29 is 9.90 Å². The van der Waals surface area contributed by atoms with Crippen LogP contribution in [0.5, 0.6) is 0 Å². The molecule has 0 aliphatic heterocycles. The zero-order valence-electron chi connectivity index (χ0n) is 5.57. The van der Waals surface area contributed by atoms with Crippen LogP contribution in [0.2, 0.25) is 0 Å². The second-order valence-electron chi connectivity index (χ2n) is 2.12. The molecule has 1 rings (SSSR count). The van der Waals surface area contributed by atoms with Gasteiger partial charge in [0.05, 0.1) is 5.92 Å². The topological polar surface area (TPSA) is 37.3 Å². The highest BCUT2D eigenvalue weighted by molar-refractivity contribution is 7.08. The number of hydrogen-bond acceptors (Lipinski definition) is 2. The Balaban J connectivity index is 2.77. The van der Waals surface area contributed by atoms with Crippen molar-refractivity contribution in [3.63, 3.8) is 0 Å². The van der Waals surface area contributed by atoms with Gasteiger partial charge in [0.1, 0.15) is 0 Å². The molecule has 0 saturated carbocycles. The third-order valence-corrected chi connectivity index (χ3v) is 2.12. The van der Waals surface area contributed by atoms with Gasteiger partial charge < -0.3 is 5.11 Å². The van der Waals surface area contributed by atoms with E-state index in [1.165, 1.54) is 11.3 Å². The van der Waals surface area contributed by atoms with Gasteiger partial charge in [-0.25, -0.2) is 0 Å². The number of carboxylic acid groups (broad SMARTS) is 1. The summed E-state index contributed by atoms with van der Waals surface area (Å²) in [6.07, 6.45) is 0. The summed E-state index contributed by atoms with van der Waals surface area (Å²) in [4.78, 5) is 10.4. The largest absolute Gasteiger partial charge is 0.481 e. The Morgan fingerprint density at radius 1 is 1.80 bits per heavy atom. The van der Waals surface area contributed by atoms with E-state index in [1.54, 1.807) is 6.92 Å². The molecule has 0 fully saturated rings. The van der Waals surface area contributed by atoms with Crippen LogP contribution in [0.4, 0.5) is 0 Å². The van der Waals surface area contributed by atoms with E-state index in [1.807, 2.05) is 16.8 Å². The van der Waals surface area contributed by atoms with Gasteiger partial charge in [-0.3, -0.25) is 4.79 Å². The molecule has 54 valence electrons. The van der Waals surface area contributed by atoms with Crippen LogP contribution in [0.25, 0.3) is 0 Å². The smallest absolute Gasteiger partial charge is 0.310 e. The minimum Gasteiger partial charge on any atom is -0.481 e. The summed E-state index contributed by atoms with van der Waals surface area (Å²) in [7, 11) is 0. The first-order chi connectivity index (χ1) is 4.72. The van der Waals surface area contributed by atoms with E-state index < -0.39 is 5.97 Å². The van der Waals surface area contributed by atoms with Crippen LogP contribution < -0.4 is 0 Å². The molecule has 1 N–H and O–H groups in total. The second kappa shape index (κ2) is 2.84. The van der Waals surface area contributed by atoms with Gasteiger partial charge in [-0.05, 0) is 29.3 Å². The highest BCUT2D eigenvalue weighted by Crippen LogP contribution is 2.17. The monoisotopic (exact) mass is 156 g/mol. The Hall–Kier alpha value is -0.830. The maximum Gasteiger partial charge on any atom is 0.310 e. The lowest BCUT2D eigenvalue weighted by molar-refractivity contribution is -0.138. The normalized spacial score (nSPS) is 12.9. The van der Waals surface area contributed by atoms with Crippen LogP contribution in [-0.4, -0.2) is 11.1 Å². The molecule has 0 spiro atoms. The first-order valence-electron chi connectivity index (χ1n) is 2.96. The van der Waals surface area contributed by atoms with Crippen molar-refractivity contribution in [1.82, 2.24) is 0 Å². The molecule has 0 aliphatic carbocycles. The highest BCUT2D eigenvalue weighted by atomic mass is 32.1. The van der Waals surface area contributed by atoms with Gasteiger partial charge in [-0.1, -0.05) is 0 Å². The van der Waals surface area contributed by atoms with Gasteiger partial charge >= 0.3 is 5.97 Å². The minimum atomic E-state index is -0.765. The number of carboxylic acids is 1. The summed E-state index contributed by atoms with van der Waals surface area (Å²) in [5.74, 6) is -1.13. The van der Waals surface area contributed by atoms with Crippen LogP contribution in [0.15, 0.2) is 16.8 Å². The molecule has 3 heteroatoms. The van der Waals surface area contributed by atoms with E-state index in [4.69, 9.17) is 5.11 Å². The van der Waals surface area contributed by atoms with E-state index >= 15 is 0 Å². The Bertz CT molecular complexity index is 216. The molecule has 0 saturated heterocycles. The summed E-state index contributed by atoms with van der Waals surface area (Å²) in [5, 5.41) is 12.3. The number of aliphatic carboxylic acids is 1. The average molecular weight is 156 g/mol. The highest BCUT2D eigenvalue weighted by Gasteiger charge is 2.12. The van der Waals surface area contributed by atoms with Crippen molar-refractivity contribution in [1.29, 1.82) is 0 Å². The van der Waals surface area contributed by atoms with Crippen molar-refractivity contribution in [3.8, 4) is 0 Å². The molecule has 1 aromatic heterocycles. The molecule has 0 unspecified atom stereocenters. The zero-order valence-corrected chi connectivity index (χ0v) is 6.39. The number of carbonyl (C=O) groups is 1. The van der Waals surface area contributed by atoms with Crippen LogP contribution in [0, 0.1) is 0 Å². The quantitative estimate of drug-likeness (QED) is 0.710. The first-order valence-corrected chi connectivity index (χ1v) is 3.91. The van der Waals surface area contributed by atoms with E-state index in [-0.39, 0.29) is 5.92 Å². The number of thiophene rings is 1. The fourth-order valence-corrected chi connectivity index (χ4v) is 1.42. The van der Waals surface area contributed by atoms with Gasteiger partial charge in [0.25, 0.3) is 0 Å². The number of hydrogen-bond donors (Lipinski definition) is 1. The first kappa shape index (κ1) is 7.28. The predicted molar refractivity (Wildman–Crippen MR) is 40.4 cm³/mol. The van der Waals surface area contributed by atoms with Gasteiger partial charge in [-0.15, -0.1) is 0 Å². The molecule has 0 radical (unpaired) electrons. The zero-order chi connectivity index (χ0) is 7.56. The Labute approximate surface area is 63.1 Å². The van der Waals surface area contributed by atoms with E-state index in [2.05, 4.69) is 0 Å². The van der Waals surface area contributed by atoms with Crippen molar-refractivity contribution in [2.75, 3.05) is 0 Å². The van der Waals surface area contributed by atoms with Gasteiger partial charge in [0.2, 0.25) is 0 Å². The van der Waals surface area contributed by atoms with Crippen LogP contribution in [-0.2, 0) is 4.79 Å². The molecule has 0 aromatic carbocycles. The molecule has 0 amide bonds. The maximum absolute atomic E-state index is 10.4. The van der Waals surface area contributed by atoms with E-state index in [0.717, 1.165) is 5.56 Å². The third kappa shape index (κ3) is 1.36. The lowest BCUT2D eigenvalue weighted by Crippen LogP contribution is -2.05. The lowest BCUT2D eigenvalue weighted by atomic mass is 10.1. The average Bonchev–Trinajstić information content (AvgIpc) is 2.36. The Morgan fingerprint density at radius 2 is 2.50 bits per heavy atom. The van der Waals surface area contributed by atoms with Crippen molar-refractivity contribution >= 4 is 17.3 Å². The fraction of sp³-hybridized carbons (Fsp3) is 0.286. The number of rotatable bonds is 2. The molecule has 0 bridgehead atoms. The Morgan fingerprint density at radius 3 is 2.90 bits per heavy atom. The molecular weight excluding hydrogens is 148 g/mol. The van der Waals surface area contributed by atoms with Crippen molar-refractivity contribution in [2.45, 2.75) is 12.8 Å². The summed E-state index contributed by atoms with van der Waals surface area (Å²) in [6.45, 7) is 1.68. The fourth-order valence-electron chi connectivity index (χ4n) is 0.664. The molecule has 0 aliphatic rings. The molecule has 2 nitrogen and oxygen atoms in total. The summed E-state index contributed by atoms with van der Waals surface area (Å²) < 4.78 is 0.